The van der Waals surface area contributed by atoms with Crippen molar-refractivity contribution < 1.29 is 14.7 Å². The molecule has 162 valence electrons. The largest absolute Gasteiger partial charge is 0.392 e. The van der Waals surface area contributed by atoms with E-state index in [1.165, 1.54) is 17.3 Å². The van der Waals surface area contributed by atoms with Gasteiger partial charge in [-0.25, -0.2) is 0 Å². The summed E-state index contributed by atoms with van der Waals surface area (Å²) in [5, 5.41) is 18.7. The molecular formula is C24H37NO3S. The molecule has 6 atom stereocenters. The van der Waals surface area contributed by atoms with Gasteiger partial charge in [0.25, 0.3) is 0 Å². The first-order chi connectivity index (χ1) is 13.8. The fourth-order valence-electron chi connectivity index (χ4n) is 6.29. The highest BCUT2D eigenvalue weighted by Crippen LogP contribution is 2.57. The highest BCUT2D eigenvalue weighted by atomic mass is 32.2. The molecule has 2 saturated carbocycles. The van der Waals surface area contributed by atoms with Gasteiger partial charge in [0.15, 0.2) is 5.78 Å². The lowest BCUT2D eigenvalue weighted by atomic mass is 9.52. The first-order valence-corrected chi connectivity index (χ1v) is 12.4. The molecule has 0 aromatic heterocycles. The van der Waals surface area contributed by atoms with Gasteiger partial charge >= 0.3 is 0 Å². The molecule has 3 aliphatic carbocycles. The van der Waals surface area contributed by atoms with Gasteiger partial charge in [-0.1, -0.05) is 19.4 Å². The number of thioether (sulfide) groups is 1. The highest BCUT2D eigenvalue weighted by molar-refractivity contribution is 8.13. The lowest BCUT2D eigenvalue weighted by Crippen LogP contribution is -2.47. The molecule has 0 saturated heterocycles. The zero-order valence-electron chi connectivity index (χ0n) is 18.2. The average molecular weight is 420 g/mol. The lowest BCUT2D eigenvalue weighted by Gasteiger charge is -2.50. The van der Waals surface area contributed by atoms with Crippen LogP contribution in [0.2, 0.25) is 0 Å². The topological polar surface area (TPSA) is 78.2 Å². The zero-order valence-corrected chi connectivity index (χ0v) is 19.0. The van der Waals surface area contributed by atoms with E-state index in [1.807, 2.05) is 6.08 Å². The van der Waals surface area contributed by atoms with Crippen molar-refractivity contribution in [3.05, 3.63) is 11.6 Å². The number of hydrogen-bond donors (Lipinski definition) is 2. The summed E-state index contributed by atoms with van der Waals surface area (Å²) < 4.78 is 0. The quantitative estimate of drug-likeness (QED) is 0.440. The van der Waals surface area contributed by atoms with Gasteiger partial charge in [-0.05, 0) is 81.1 Å². The molecule has 0 bridgehead atoms. The van der Waals surface area contributed by atoms with Crippen molar-refractivity contribution in [2.24, 2.45) is 29.1 Å². The van der Waals surface area contributed by atoms with Crippen molar-refractivity contribution in [2.45, 2.75) is 84.7 Å². The predicted octanol–water partition coefficient (Wildman–Crippen LogP) is 5.18. The van der Waals surface area contributed by atoms with Gasteiger partial charge in [0, 0.05) is 24.5 Å². The molecule has 0 radical (unpaired) electrons. The van der Waals surface area contributed by atoms with Crippen molar-refractivity contribution in [2.75, 3.05) is 5.75 Å². The Balaban J connectivity index is 1.77. The van der Waals surface area contributed by atoms with Crippen molar-refractivity contribution in [3.8, 4) is 0 Å². The second-order valence-corrected chi connectivity index (χ2v) is 11.0. The normalized spacial score (nSPS) is 35.7. The molecule has 2 N–H and O–H groups in total. The second-order valence-electron chi connectivity index (χ2n) is 9.72. The maximum atomic E-state index is 13.3. The third-order valence-corrected chi connectivity index (χ3v) is 8.74. The number of allylic oxidation sites excluding steroid dienone is 2. The number of carbonyl (C=O) groups is 2. The minimum absolute atomic E-state index is 0.0228. The molecule has 4 nitrogen and oxygen atoms in total. The molecule has 0 heterocycles. The van der Waals surface area contributed by atoms with E-state index >= 15 is 0 Å². The van der Waals surface area contributed by atoms with Crippen LogP contribution in [0.3, 0.4) is 0 Å². The van der Waals surface area contributed by atoms with Crippen LogP contribution >= 0.6 is 11.8 Å². The van der Waals surface area contributed by atoms with Crippen LogP contribution in [0.15, 0.2) is 11.6 Å². The van der Waals surface area contributed by atoms with E-state index in [4.69, 9.17) is 5.41 Å². The Bertz CT molecular complexity index is 688. The molecule has 29 heavy (non-hydrogen) atoms. The average Bonchev–Trinajstić information content (AvgIpc) is 3.16. The summed E-state index contributed by atoms with van der Waals surface area (Å²) in [7, 11) is 0. The maximum absolute atomic E-state index is 13.3. The smallest absolute Gasteiger partial charge is 0.155 e. The minimum Gasteiger partial charge on any atom is -0.392 e. The number of aliphatic hydroxyl groups excluding tert-OH is 1. The fourth-order valence-corrected chi connectivity index (χ4v) is 6.98. The number of fused-ring (bicyclic) bond motifs is 1. The fraction of sp³-hybridized carbons (Fsp3) is 0.792. The van der Waals surface area contributed by atoms with Gasteiger partial charge in [0.2, 0.25) is 0 Å². The molecule has 6 unspecified atom stereocenters. The molecule has 2 fully saturated rings. The third-order valence-electron chi connectivity index (χ3n) is 7.80. The van der Waals surface area contributed by atoms with Gasteiger partial charge in [-0.3, -0.25) is 15.0 Å². The second kappa shape index (κ2) is 9.47. The molecule has 3 aliphatic rings. The van der Waals surface area contributed by atoms with Crippen molar-refractivity contribution in [3.63, 3.8) is 0 Å². The first-order valence-electron chi connectivity index (χ1n) is 11.4. The van der Waals surface area contributed by atoms with E-state index in [9.17, 15) is 14.7 Å². The Labute approximate surface area is 179 Å². The maximum Gasteiger partial charge on any atom is 0.155 e. The number of aliphatic hydroxyl groups is 1. The monoisotopic (exact) mass is 419 g/mol. The number of rotatable bonds is 7. The number of ketones is 2. The summed E-state index contributed by atoms with van der Waals surface area (Å²) in [4.78, 5) is 25.3. The van der Waals surface area contributed by atoms with Crippen molar-refractivity contribution in [1.29, 1.82) is 5.41 Å². The van der Waals surface area contributed by atoms with Gasteiger partial charge < -0.3 is 5.11 Å². The van der Waals surface area contributed by atoms with Crippen LogP contribution in [-0.4, -0.2) is 33.6 Å². The van der Waals surface area contributed by atoms with Crippen LogP contribution in [0.5, 0.6) is 0 Å². The van der Waals surface area contributed by atoms with Crippen LogP contribution < -0.4 is 0 Å². The predicted molar refractivity (Wildman–Crippen MR) is 119 cm³/mol. The van der Waals surface area contributed by atoms with E-state index in [0.29, 0.717) is 41.3 Å². The lowest BCUT2D eigenvalue weighted by molar-refractivity contribution is -0.133. The Kier molecular flexibility index (Phi) is 7.42. The summed E-state index contributed by atoms with van der Waals surface area (Å²) in [5.41, 5.74) is 1.05. The van der Waals surface area contributed by atoms with Gasteiger partial charge in [0.05, 0.1) is 11.1 Å². The van der Waals surface area contributed by atoms with E-state index < -0.39 is 0 Å². The Morgan fingerprint density at radius 3 is 2.79 bits per heavy atom. The summed E-state index contributed by atoms with van der Waals surface area (Å²) in [6.07, 6.45) is 9.41. The van der Waals surface area contributed by atoms with Crippen LogP contribution in [-0.2, 0) is 9.59 Å². The van der Waals surface area contributed by atoms with Crippen LogP contribution in [0, 0.1) is 34.5 Å². The summed E-state index contributed by atoms with van der Waals surface area (Å²) >= 11 is 1.43. The van der Waals surface area contributed by atoms with E-state index in [-0.39, 0.29) is 29.1 Å². The third kappa shape index (κ3) is 4.87. The number of carbonyl (C=O) groups excluding carboxylic acids is 2. The van der Waals surface area contributed by atoms with E-state index in [0.717, 1.165) is 44.9 Å². The molecule has 0 spiro atoms. The molecule has 0 amide bonds. The molecule has 5 heteroatoms. The first kappa shape index (κ1) is 22.7. The summed E-state index contributed by atoms with van der Waals surface area (Å²) in [5.74, 6) is 2.38. The van der Waals surface area contributed by atoms with Crippen LogP contribution in [0.4, 0.5) is 0 Å². The molecule has 0 aliphatic heterocycles. The molecule has 3 rings (SSSR count). The minimum atomic E-state index is -0.364. The van der Waals surface area contributed by atoms with Crippen LogP contribution in [0.1, 0.15) is 78.6 Å². The number of hydrogen-bond acceptors (Lipinski definition) is 5. The zero-order chi connectivity index (χ0) is 21.2. The summed E-state index contributed by atoms with van der Waals surface area (Å²) in [6, 6.07) is 0. The highest BCUT2D eigenvalue weighted by Gasteiger charge is 2.52. The molecular weight excluding hydrogens is 382 g/mol. The Hall–Kier alpha value is -0.940. The molecule has 0 aromatic rings. The van der Waals surface area contributed by atoms with E-state index in [2.05, 4.69) is 13.8 Å². The van der Waals surface area contributed by atoms with Crippen molar-refractivity contribution >= 4 is 28.4 Å². The molecule has 0 aromatic carbocycles. The van der Waals surface area contributed by atoms with Gasteiger partial charge in [-0.15, -0.1) is 11.8 Å². The Morgan fingerprint density at radius 1 is 1.34 bits per heavy atom. The van der Waals surface area contributed by atoms with Gasteiger partial charge in [0.1, 0.15) is 5.78 Å². The number of nitrogens with one attached hydrogen (secondary N) is 1. The van der Waals surface area contributed by atoms with E-state index in [1.54, 1.807) is 6.92 Å². The Morgan fingerprint density at radius 2 is 2.10 bits per heavy atom. The standard InChI is InChI=1S/C24H37NO3S/c1-4-5-21(27)23-20(9-8-18-13-19(26)10-11-24(18,23)3)16-6-7-17(12-16)22(28)14-29-15(2)25/h13,16-17,20,22-23,25,28H,4-12,14H2,1-3H3. The SMILES string of the molecule is CCCC(=O)C1C(C2CCC(C(O)CSC(C)=N)C2)CCC2=CC(=O)CCC21C. The van der Waals surface area contributed by atoms with Crippen molar-refractivity contribution in [1.82, 2.24) is 0 Å². The van der Waals surface area contributed by atoms with Gasteiger partial charge in [-0.2, -0.15) is 0 Å². The number of Topliss-reactive ketones (excluding diaryl/α,β-unsaturated/α-hetero) is 1. The van der Waals surface area contributed by atoms with Crippen LogP contribution in [0.25, 0.3) is 0 Å². The summed E-state index contributed by atoms with van der Waals surface area (Å²) in [6.45, 7) is 6.08.